The van der Waals surface area contributed by atoms with Crippen molar-refractivity contribution in [1.29, 1.82) is 0 Å². The van der Waals surface area contributed by atoms with Crippen LogP contribution in [0.1, 0.15) is 48.3 Å². The molecule has 2 fully saturated rings. The van der Waals surface area contributed by atoms with Crippen LogP contribution < -0.4 is 4.72 Å². The smallest absolute Gasteiger partial charge is 0.264 e. The highest BCUT2D eigenvalue weighted by Crippen LogP contribution is 2.39. The summed E-state index contributed by atoms with van der Waals surface area (Å²) in [5, 5.41) is 20.1. The molecule has 0 spiro atoms. The van der Waals surface area contributed by atoms with E-state index in [0.717, 1.165) is 35.9 Å². The average Bonchev–Trinajstić information content (AvgIpc) is 3.47. The average molecular weight is 590 g/mol. The molecule has 2 aliphatic rings. The fraction of sp³-hybridized carbons (Fsp3) is 0.344. The van der Waals surface area contributed by atoms with Crippen molar-refractivity contribution in [1.82, 2.24) is 9.88 Å². The predicted octanol–water partition coefficient (Wildman–Crippen LogP) is 4.53. The number of hydrogen-bond donors (Lipinski definition) is 3. The van der Waals surface area contributed by atoms with E-state index in [2.05, 4.69) is 14.6 Å². The third-order valence-electron chi connectivity index (χ3n) is 8.06. The molecule has 0 amide bonds. The molecule has 3 aromatic carbocycles. The zero-order valence-electron chi connectivity index (χ0n) is 23.2. The topological polar surface area (TPSA) is 121 Å². The highest BCUT2D eigenvalue weighted by atomic mass is 32.2. The molecule has 2 saturated heterocycles. The van der Waals surface area contributed by atoms with Gasteiger partial charge in [0.2, 0.25) is 0 Å². The Morgan fingerprint density at radius 1 is 0.952 bits per heavy atom. The largest absolute Gasteiger partial charge is 0.395 e. The molecule has 2 aliphatic heterocycles. The van der Waals surface area contributed by atoms with Crippen LogP contribution in [0.3, 0.4) is 0 Å². The molecule has 10 heteroatoms. The lowest BCUT2D eigenvalue weighted by atomic mass is 9.99. The number of fused-ring (bicyclic) bond motifs is 1. The van der Waals surface area contributed by atoms with Crippen molar-refractivity contribution >= 4 is 26.6 Å². The first-order valence-corrected chi connectivity index (χ1v) is 15.7. The molecule has 9 nitrogen and oxygen atoms in total. The van der Waals surface area contributed by atoms with Gasteiger partial charge in [-0.1, -0.05) is 54.6 Å². The molecule has 4 aromatic rings. The summed E-state index contributed by atoms with van der Waals surface area (Å²) in [5.41, 5.74) is 3.28. The standard InChI is InChI=1S/C32H35N3O6S/c36-20-22-11-13-23(14-12-22)29-18-28(19-35-16-4-9-27(35)21-37)40-32(41-29)25-6-1-8-26(17-25)34-42(38,39)30-10-2-5-24-7-3-15-33-31(24)30/h1-3,5-8,10-15,17,27-29,32,34,36-37H,4,9,16,18-21H2/t27-,28-,29+,32?/m0/s1. The van der Waals surface area contributed by atoms with Gasteiger partial charge >= 0.3 is 0 Å². The van der Waals surface area contributed by atoms with E-state index in [1.165, 1.54) is 0 Å². The maximum Gasteiger partial charge on any atom is 0.264 e. The van der Waals surface area contributed by atoms with Crippen LogP contribution in [0, 0.1) is 0 Å². The lowest BCUT2D eigenvalue weighted by molar-refractivity contribution is -0.253. The molecule has 0 aliphatic carbocycles. The molecule has 3 heterocycles. The van der Waals surface area contributed by atoms with Crippen LogP contribution in [-0.4, -0.2) is 60.4 Å². The summed E-state index contributed by atoms with van der Waals surface area (Å²) >= 11 is 0. The van der Waals surface area contributed by atoms with E-state index in [0.29, 0.717) is 29.7 Å². The van der Waals surface area contributed by atoms with Gasteiger partial charge in [-0.2, -0.15) is 0 Å². The number of anilines is 1. The van der Waals surface area contributed by atoms with Crippen LogP contribution in [0.5, 0.6) is 0 Å². The summed E-state index contributed by atoms with van der Waals surface area (Å²) in [6, 6.07) is 23.6. The summed E-state index contributed by atoms with van der Waals surface area (Å²) in [7, 11) is -3.93. The number of aliphatic hydroxyl groups is 2. The number of benzene rings is 3. The predicted molar refractivity (Wildman–Crippen MR) is 159 cm³/mol. The third-order valence-corrected chi connectivity index (χ3v) is 9.47. The van der Waals surface area contributed by atoms with Gasteiger partial charge in [-0.3, -0.25) is 14.6 Å². The van der Waals surface area contributed by atoms with Gasteiger partial charge in [0.05, 0.1) is 30.9 Å². The maximum atomic E-state index is 13.4. The summed E-state index contributed by atoms with van der Waals surface area (Å²) in [6.07, 6.45) is 3.05. The number of ether oxygens (including phenoxy) is 2. The summed E-state index contributed by atoms with van der Waals surface area (Å²) < 4.78 is 42.5. The van der Waals surface area contributed by atoms with Crippen LogP contribution >= 0.6 is 0 Å². The van der Waals surface area contributed by atoms with Gasteiger partial charge in [0.25, 0.3) is 10.0 Å². The fourth-order valence-corrected chi connectivity index (χ4v) is 7.12. The number of likely N-dealkylation sites (tertiary alicyclic amines) is 1. The van der Waals surface area contributed by atoms with Crippen molar-refractivity contribution in [3.05, 3.63) is 102 Å². The number of para-hydroxylation sites is 1. The van der Waals surface area contributed by atoms with Crippen molar-refractivity contribution in [2.75, 3.05) is 24.4 Å². The van der Waals surface area contributed by atoms with Gasteiger partial charge in [0, 0.05) is 41.8 Å². The minimum absolute atomic E-state index is 0.0325. The number of hydrogen-bond acceptors (Lipinski definition) is 8. The van der Waals surface area contributed by atoms with Gasteiger partial charge in [0.15, 0.2) is 6.29 Å². The molecule has 1 unspecified atom stereocenters. The van der Waals surface area contributed by atoms with Crippen molar-refractivity contribution in [3.8, 4) is 0 Å². The Hall–Kier alpha value is -3.38. The minimum Gasteiger partial charge on any atom is -0.395 e. The van der Waals surface area contributed by atoms with Crippen LogP contribution in [0.15, 0.2) is 90.0 Å². The molecule has 42 heavy (non-hydrogen) atoms. The molecule has 6 rings (SSSR count). The van der Waals surface area contributed by atoms with E-state index < -0.39 is 16.3 Å². The number of aliphatic hydroxyl groups excluding tert-OH is 2. The lowest BCUT2D eigenvalue weighted by Crippen LogP contribution is -2.42. The molecular weight excluding hydrogens is 554 g/mol. The third kappa shape index (κ3) is 6.19. The molecular formula is C32H35N3O6S. The van der Waals surface area contributed by atoms with Gasteiger partial charge in [-0.05, 0) is 54.8 Å². The monoisotopic (exact) mass is 589 g/mol. The second kappa shape index (κ2) is 12.5. The Balaban J connectivity index is 1.26. The fourth-order valence-electron chi connectivity index (χ4n) is 5.89. The van der Waals surface area contributed by atoms with Gasteiger partial charge in [-0.15, -0.1) is 0 Å². The maximum absolute atomic E-state index is 13.4. The highest BCUT2D eigenvalue weighted by Gasteiger charge is 2.35. The van der Waals surface area contributed by atoms with Gasteiger partial charge < -0.3 is 19.7 Å². The first kappa shape index (κ1) is 28.7. The second-order valence-electron chi connectivity index (χ2n) is 10.9. The first-order chi connectivity index (χ1) is 20.4. The molecule has 1 aromatic heterocycles. The van der Waals surface area contributed by atoms with Crippen molar-refractivity contribution < 1.29 is 28.1 Å². The Morgan fingerprint density at radius 2 is 1.76 bits per heavy atom. The normalized spacial score (nSPS) is 23.3. The molecule has 4 atom stereocenters. The zero-order chi connectivity index (χ0) is 29.1. The van der Waals surface area contributed by atoms with E-state index >= 15 is 0 Å². The van der Waals surface area contributed by atoms with E-state index in [-0.39, 0.29) is 36.4 Å². The molecule has 0 radical (unpaired) electrons. The Labute approximate surface area is 245 Å². The summed E-state index contributed by atoms with van der Waals surface area (Å²) in [5.74, 6) is 0. The number of pyridine rings is 1. The second-order valence-corrected chi connectivity index (χ2v) is 12.5. The lowest BCUT2D eigenvalue weighted by Gasteiger charge is -2.38. The zero-order valence-corrected chi connectivity index (χ0v) is 24.0. The number of nitrogens with zero attached hydrogens (tertiary/aromatic N) is 2. The van der Waals surface area contributed by atoms with Crippen molar-refractivity contribution in [2.24, 2.45) is 0 Å². The van der Waals surface area contributed by atoms with E-state index in [9.17, 15) is 18.6 Å². The van der Waals surface area contributed by atoms with E-state index in [1.54, 1.807) is 42.6 Å². The van der Waals surface area contributed by atoms with Gasteiger partial charge in [0.1, 0.15) is 4.90 Å². The summed E-state index contributed by atoms with van der Waals surface area (Å²) in [4.78, 5) is 6.68. The molecule has 220 valence electrons. The van der Waals surface area contributed by atoms with Crippen molar-refractivity contribution in [3.63, 3.8) is 0 Å². The van der Waals surface area contributed by atoms with Crippen LogP contribution in [-0.2, 0) is 26.1 Å². The summed E-state index contributed by atoms with van der Waals surface area (Å²) in [6.45, 7) is 1.66. The van der Waals surface area contributed by atoms with Crippen LogP contribution in [0.25, 0.3) is 10.9 Å². The Kier molecular flexibility index (Phi) is 8.53. The van der Waals surface area contributed by atoms with Crippen LogP contribution in [0.4, 0.5) is 5.69 Å². The molecule has 0 saturated carbocycles. The minimum atomic E-state index is -3.93. The van der Waals surface area contributed by atoms with Crippen molar-refractivity contribution in [2.45, 2.75) is 55.3 Å². The quantitative estimate of drug-likeness (QED) is 0.261. The SMILES string of the molecule is O=S(=O)(Nc1cccc(C2O[C@H](CN3CCC[C@H]3CO)C[C@H](c3ccc(CO)cc3)O2)c1)c1cccc2cccnc12. The molecule has 3 N–H and O–H groups in total. The number of rotatable bonds is 9. The number of sulfonamides is 1. The highest BCUT2D eigenvalue weighted by molar-refractivity contribution is 7.93. The number of aromatic nitrogens is 1. The Bertz CT molecular complexity index is 1630. The first-order valence-electron chi connectivity index (χ1n) is 14.3. The molecule has 0 bridgehead atoms. The van der Waals surface area contributed by atoms with E-state index in [1.807, 2.05) is 42.5 Å². The number of nitrogens with one attached hydrogen (secondary N) is 1. The van der Waals surface area contributed by atoms with E-state index in [4.69, 9.17) is 9.47 Å². The van der Waals surface area contributed by atoms with Crippen LogP contribution in [0.2, 0.25) is 0 Å². The van der Waals surface area contributed by atoms with Gasteiger partial charge in [-0.25, -0.2) is 8.42 Å². The Morgan fingerprint density at radius 3 is 2.57 bits per heavy atom.